The van der Waals surface area contributed by atoms with Crippen LogP contribution in [0.25, 0.3) is 0 Å². The van der Waals surface area contributed by atoms with Crippen molar-refractivity contribution in [2.24, 2.45) is 0 Å². The number of hydrogen-bond acceptors (Lipinski definition) is 2. The minimum atomic E-state index is 0.439. The summed E-state index contributed by atoms with van der Waals surface area (Å²) in [5.41, 5.74) is 1.22. The molecule has 1 aromatic heterocycles. The number of nitrogens with zero attached hydrogens (tertiary/aromatic N) is 2. The van der Waals surface area contributed by atoms with Crippen LogP contribution in [0.5, 0.6) is 0 Å². The first kappa shape index (κ1) is 8.27. The highest BCUT2D eigenvalue weighted by Gasteiger charge is 2.02. The smallest absolute Gasteiger partial charge is 0.0615 e. The summed E-state index contributed by atoms with van der Waals surface area (Å²) in [7, 11) is 1.95. The monoisotopic (exact) mass is 153 g/mol. The maximum atomic E-state index is 4.21. The minimum absolute atomic E-state index is 0.439. The van der Waals surface area contributed by atoms with Gasteiger partial charge in [0.1, 0.15) is 0 Å². The summed E-state index contributed by atoms with van der Waals surface area (Å²) in [6, 6.07) is 0.439. The molecule has 1 rings (SSSR count). The van der Waals surface area contributed by atoms with Gasteiger partial charge in [0.05, 0.1) is 12.2 Å². The van der Waals surface area contributed by atoms with Crippen molar-refractivity contribution >= 4 is 0 Å². The Hall–Kier alpha value is -0.830. The van der Waals surface area contributed by atoms with Crippen molar-refractivity contribution < 1.29 is 0 Å². The van der Waals surface area contributed by atoms with Crippen molar-refractivity contribution in [3.05, 3.63) is 18.0 Å². The molecule has 0 fully saturated rings. The maximum absolute atomic E-state index is 4.21. The first-order valence-corrected chi connectivity index (χ1v) is 3.89. The molecule has 0 aliphatic heterocycles. The molecule has 0 aliphatic carbocycles. The Labute approximate surface area is 67.4 Å². The molecule has 1 heterocycles. The highest BCUT2D eigenvalue weighted by atomic mass is 15.3. The van der Waals surface area contributed by atoms with Gasteiger partial charge in [-0.15, -0.1) is 0 Å². The van der Waals surface area contributed by atoms with Crippen LogP contribution in [0.4, 0.5) is 0 Å². The van der Waals surface area contributed by atoms with Gasteiger partial charge in [-0.1, -0.05) is 0 Å². The Morgan fingerprint density at radius 3 is 2.91 bits per heavy atom. The molecular weight excluding hydrogens is 138 g/mol. The Bertz CT molecular complexity index is 217. The lowest BCUT2D eigenvalue weighted by atomic mass is 10.3. The first-order chi connectivity index (χ1) is 5.24. The second-order valence-corrected chi connectivity index (χ2v) is 2.90. The molecule has 0 saturated carbocycles. The van der Waals surface area contributed by atoms with Gasteiger partial charge in [-0.2, -0.15) is 5.10 Å². The summed E-state index contributed by atoms with van der Waals surface area (Å²) in [6.07, 6.45) is 3.94. The first-order valence-electron chi connectivity index (χ1n) is 3.89. The van der Waals surface area contributed by atoms with Crippen LogP contribution >= 0.6 is 0 Å². The third-order valence-corrected chi connectivity index (χ3v) is 1.68. The quantitative estimate of drug-likeness (QED) is 0.701. The molecule has 1 unspecified atom stereocenters. The molecule has 0 saturated heterocycles. The Morgan fingerprint density at radius 2 is 2.45 bits per heavy atom. The van der Waals surface area contributed by atoms with Crippen molar-refractivity contribution in [3.8, 4) is 0 Å². The molecule has 1 atom stereocenters. The highest BCUT2D eigenvalue weighted by molar-refractivity contribution is 5.00. The molecular formula is C8H15N3. The summed E-state index contributed by atoms with van der Waals surface area (Å²) >= 11 is 0. The minimum Gasteiger partial charge on any atom is -0.318 e. The SMILES string of the molecule is CNCC(C)n1cc(C)cn1. The average Bonchev–Trinajstić information content (AvgIpc) is 2.36. The van der Waals surface area contributed by atoms with Crippen LogP contribution in [0, 0.1) is 6.92 Å². The van der Waals surface area contributed by atoms with Gasteiger partial charge in [-0.25, -0.2) is 0 Å². The molecule has 1 aromatic rings. The third kappa shape index (κ3) is 2.05. The van der Waals surface area contributed by atoms with E-state index in [9.17, 15) is 0 Å². The molecule has 1 N–H and O–H groups in total. The molecule has 3 heteroatoms. The number of rotatable bonds is 3. The molecule has 0 amide bonds. The Kier molecular flexibility index (Phi) is 2.65. The maximum Gasteiger partial charge on any atom is 0.0615 e. The van der Waals surface area contributed by atoms with E-state index in [1.54, 1.807) is 0 Å². The largest absolute Gasteiger partial charge is 0.318 e. The van der Waals surface area contributed by atoms with Crippen LogP contribution in [0.1, 0.15) is 18.5 Å². The number of likely N-dealkylation sites (N-methyl/N-ethyl adjacent to an activating group) is 1. The van der Waals surface area contributed by atoms with E-state index in [0.717, 1.165) is 6.54 Å². The van der Waals surface area contributed by atoms with Crippen LogP contribution in [0.2, 0.25) is 0 Å². The fraction of sp³-hybridized carbons (Fsp3) is 0.625. The lowest BCUT2D eigenvalue weighted by Gasteiger charge is -2.10. The predicted molar refractivity (Wildman–Crippen MR) is 45.6 cm³/mol. The zero-order valence-electron chi connectivity index (χ0n) is 7.33. The van der Waals surface area contributed by atoms with E-state index in [4.69, 9.17) is 0 Å². The fourth-order valence-electron chi connectivity index (χ4n) is 1.06. The van der Waals surface area contributed by atoms with Crippen LogP contribution < -0.4 is 5.32 Å². The molecule has 0 spiro atoms. The van der Waals surface area contributed by atoms with E-state index >= 15 is 0 Å². The predicted octanol–water partition coefficient (Wildman–Crippen LogP) is 0.972. The second-order valence-electron chi connectivity index (χ2n) is 2.90. The zero-order valence-corrected chi connectivity index (χ0v) is 7.33. The third-order valence-electron chi connectivity index (χ3n) is 1.68. The highest BCUT2D eigenvalue weighted by Crippen LogP contribution is 2.03. The van der Waals surface area contributed by atoms with Gasteiger partial charge in [0.15, 0.2) is 0 Å². The van der Waals surface area contributed by atoms with Crippen molar-refractivity contribution in [2.45, 2.75) is 19.9 Å². The average molecular weight is 153 g/mol. The van der Waals surface area contributed by atoms with Gasteiger partial charge in [0.25, 0.3) is 0 Å². The van der Waals surface area contributed by atoms with Crippen molar-refractivity contribution in [1.29, 1.82) is 0 Å². The van der Waals surface area contributed by atoms with Crippen LogP contribution in [-0.2, 0) is 0 Å². The summed E-state index contributed by atoms with van der Waals surface area (Å²) in [5.74, 6) is 0. The van der Waals surface area contributed by atoms with Gasteiger partial charge in [0, 0.05) is 12.7 Å². The summed E-state index contributed by atoms with van der Waals surface area (Å²) in [6.45, 7) is 5.15. The lowest BCUT2D eigenvalue weighted by molar-refractivity contribution is 0.471. The fourth-order valence-corrected chi connectivity index (χ4v) is 1.06. The summed E-state index contributed by atoms with van der Waals surface area (Å²) in [5, 5.41) is 7.33. The van der Waals surface area contributed by atoms with Crippen molar-refractivity contribution in [3.63, 3.8) is 0 Å². The van der Waals surface area contributed by atoms with Crippen molar-refractivity contribution in [2.75, 3.05) is 13.6 Å². The molecule has 11 heavy (non-hydrogen) atoms. The lowest BCUT2D eigenvalue weighted by Crippen LogP contribution is -2.20. The summed E-state index contributed by atoms with van der Waals surface area (Å²) < 4.78 is 1.98. The molecule has 62 valence electrons. The normalized spacial score (nSPS) is 13.4. The van der Waals surface area contributed by atoms with E-state index in [1.165, 1.54) is 5.56 Å². The van der Waals surface area contributed by atoms with E-state index in [0.29, 0.717) is 6.04 Å². The van der Waals surface area contributed by atoms with Crippen LogP contribution in [0.3, 0.4) is 0 Å². The van der Waals surface area contributed by atoms with E-state index in [-0.39, 0.29) is 0 Å². The second kappa shape index (κ2) is 3.53. The number of aryl methyl sites for hydroxylation is 1. The van der Waals surface area contributed by atoms with Gasteiger partial charge in [-0.3, -0.25) is 4.68 Å². The number of nitrogens with one attached hydrogen (secondary N) is 1. The molecule has 0 bridgehead atoms. The van der Waals surface area contributed by atoms with Crippen LogP contribution in [-0.4, -0.2) is 23.4 Å². The topological polar surface area (TPSA) is 29.9 Å². The van der Waals surface area contributed by atoms with Gasteiger partial charge < -0.3 is 5.32 Å². The molecule has 0 aromatic carbocycles. The van der Waals surface area contributed by atoms with Gasteiger partial charge in [-0.05, 0) is 26.5 Å². The number of aromatic nitrogens is 2. The van der Waals surface area contributed by atoms with Gasteiger partial charge >= 0.3 is 0 Å². The van der Waals surface area contributed by atoms with E-state index in [2.05, 4.69) is 30.5 Å². The van der Waals surface area contributed by atoms with Crippen molar-refractivity contribution in [1.82, 2.24) is 15.1 Å². The van der Waals surface area contributed by atoms with E-state index < -0.39 is 0 Å². The number of hydrogen-bond donors (Lipinski definition) is 1. The standard InChI is InChI=1S/C8H15N3/c1-7-4-10-11(6-7)8(2)5-9-3/h4,6,8-9H,5H2,1-3H3. The summed E-state index contributed by atoms with van der Waals surface area (Å²) in [4.78, 5) is 0. The molecule has 3 nitrogen and oxygen atoms in total. The molecule has 0 aliphatic rings. The zero-order chi connectivity index (χ0) is 8.27. The van der Waals surface area contributed by atoms with E-state index in [1.807, 2.05) is 17.9 Å². The Balaban J connectivity index is 2.60. The van der Waals surface area contributed by atoms with Gasteiger partial charge in [0.2, 0.25) is 0 Å². The Morgan fingerprint density at radius 1 is 1.73 bits per heavy atom. The van der Waals surface area contributed by atoms with Crippen LogP contribution in [0.15, 0.2) is 12.4 Å². The molecule has 0 radical (unpaired) electrons.